The first-order valence-electron chi connectivity index (χ1n) is 7.10. The van der Waals surface area contributed by atoms with Gasteiger partial charge in [0.15, 0.2) is 0 Å². The standard InChI is InChI=1S/C16H17FN2.2ClH/c17-11-1-4-16-15(9-11)14(5-6-18-16)10-7-12-2-3-13(8-10)19-12;;/h1,4-6,9-10,12-13,19H,2-3,7-8H2;2*1H. The van der Waals surface area contributed by atoms with Crippen LogP contribution in [0, 0.1) is 5.82 Å². The van der Waals surface area contributed by atoms with Crippen LogP contribution in [0.5, 0.6) is 0 Å². The third kappa shape index (κ3) is 3.01. The van der Waals surface area contributed by atoms with Crippen LogP contribution in [0.2, 0.25) is 0 Å². The van der Waals surface area contributed by atoms with Gasteiger partial charge in [-0.15, -0.1) is 24.8 Å². The SMILES string of the molecule is Cl.Cl.Fc1ccc2nccc(C3CC4CCC(C3)N4)c2c1. The summed E-state index contributed by atoms with van der Waals surface area (Å²) < 4.78 is 13.5. The lowest BCUT2D eigenvalue weighted by Gasteiger charge is -2.30. The van der Waals surface area contributed by atoms with Gasteiger partial charge in [0.1, 0.15) is 5.82 Å². The molecule has 0 radical (unpaired) electrons. The third-order valence-corrected chi connectivity index (χ3v) is 4.65. The summed E-state index contributed by atoms with van der Waals surface area (Å²) in [6.45, 7) is 0. The summed E-state index contributed by atoms with van der Waals surface area (Å²) >= 11 is 0. The molecule has 0 aliphatic carbocycles. The Morgan fingerprint density at radius 1 is 1.05 bits per heavy atom. The van der Waals surface area contributed by atoms with Crippen molar-refractivity contribution in [1.82, 2.24) is 10.3 Å². The summed E-state index contributed by atoms with van der Waals surface area (Å²) in [4.78, 5) is 4.35. The highest BCUT2D eigenvalue weighted by Gasteiger charge is 2.34. The molecule has 2 nitrogen and oxygen atoms in total. The number of aromatic nitrogens is 1. The van der Waals surface area contributed by atoms with E-state index < -0.39 is 0 Å². The summed E-state index contributed by atoms with van der Waals surface area (Å²) in [6.07, 6.45) is 6.79. The number of hydrogen-bond acceptors (Lipinski definition) is 2. The molecule has 0 spiro atoms. The van der Waals surface area contributed by atoms with Gasteiger partial charge in [-0.05, 0) is 61.4 Å². The van der Waals surface area contributed by atoms with E-state index in [9.17, 15) is 4.39 Å². The average Bonchev–Trinajstić information content (AvgIpc) is 2.77. The van der Waals surface area contributed by atoms with Gasteiger partial charge in [-0.25, -0.2) is 4.39 Å². The first-order chi connectivity index (χ1) is 9.29. The first-order valence-corrected chi connectivity index (χ1v) is 7.10. The van der Waals surface area contributed by atoms with E-state index in [0.717, 1.165) is 10.9 Å². The molecule has 1 aromatic carbocycles. The Balaban J connectivity index is 0.000000807. The molecule has 2 fully saturated rings. The zero-order valence-corrected chi connectivity index (χ0v) is 13.2. The first kappa shape index (κ1) is 16.5. The number of nitrogens with one attached hydrogen (secondary N) is 1. The molecule has 2 aliphatic rings. The minimum absolute atomic E-state index is 0. The molecule has 114 valence electrons. The van der Waals surface area contributed by atoms with Crippen LogP contribution >= 0.6 is 24.8 Å². The second-order valence-electron chi connectivity index (χ2n) is 5.87. The van der Waals surface area contributed by atoms with Crippen LogP contribution in [-0.4, -0.2) is 17.1 Å². The number of rotatable bonds is 1. The third-order valence-electron chi connectivity index (χ3n) is 4.65. The fourth-order valence-electron chi connectivity index (χ4n) is 3.81. The van der Waals surface area contributed by atoms with E-state index in [1.165, 1.54) is 37.3 Å². The summed E-state index contributed by atoms with van der Waals surface area (Å²) in [5.41, 5.74) is 2.19. The summed E-state index contributed by atoms with van der Waals surface area (Å²) in [5, 5.41) is 4.65. The van der Waals surface area contributed by atoms with Gasteiger partial charge in [0.05, 0.1) is 5.52 Å². The zero-order valence-electron chi connectivity index (χ0n) is 11.6. The number of hydrogen-bond donors (Lipinski definition) is 1. The van der Waals surface area contributed by atoms with Gasteiger partial charge >= 0.3 is 0 Å². The predicted octanol–water partition coefficient (Wildman–Crippen LogP) is 4.22. The number of nitrogens with zero attached hydrogens (tertiary/aromatic N) is 1. The molecule has 4 rings (SSSR count). The number of pyridine rings is 1. The van der Waals surface area contributed by atoms with Gasteiger partial charge in [-0.3, -0.25) is 4.98 Å². The van der Waals surface area contributed by atoms with Crippen molar-refractivity contribution in [2.75, 3.05) is 0 Å². The highest BCUT2D eigenvalue weighted by Crippen LogP contribution is 2.39. The normalized spacial score (nSPS) is 27.0. The Morgan fingerprint density at radius 2 is 1.76 bits per heavy atom. The molecule has 3 heterocycles. The van der Waals surface area contributed by atoms with E-state index in [1.807, 2.05) is 6.20 Å². The molecule has 0 saturated carbocycles. The molecular weight excluding hydrogens is 310 g/mol. The molecule has 1 N–H and O–H groups in total. The molecule has 2 saturated heterocycles. The largest absolute Gasteiger partial charge is 0.311 e. The molecular formula is C16H19Cl2FN2. The molecule has 5 heteroatoms. The monoisotopic (exact) mass is 328 g/mol. The minimum atomic E-state index is -0.168. The van der Waals surface area contributed by atoms with Crippen LogP contribution in [0.3, 0.4) is 0 Å². The average molecular weight is 329 g/mol. The van der Waals surface area contributed by atoms with Gasteiger partial charge in [-0.2, -0.15) is 0 Å². The van der Waals surface area contributed by atoms with Crippen molar-refractivity contribution >= 4 is 35.7 Å². The van der Waals surface area contributed by atoms with Gasteiger partial charge in [0.25, 0.3) is 0 Å². The van der Waals surface area contributed by atoms with Crippen LogP contribution in [0.4, 0.5) is 4.39 Å². The van der Waals surface area contributed by atoms with Crippen LogP contribution in [0.25, 0.3) is 10.9 Å². The van der Waals surface area contributed by atoms with Crippen molar-refractivity contribution in [2.24, 2.45) is 0 Å². The van der Waals surface area contributed by atoms with E-state index in [-0.39, 0.29) is 30.6 Å². The topological polar surface area (TPSA) is 24.9 Å². The highest BCUT2D eigenvalue weighted by molar-refractivity contribution is 5.85. The van der Waals surface area contributed by atoms with Crippen molar-refractivity contribution in [3.8, 4) is 0 Å². The highest BCUT2D eigenvalue weighted by atomic mass is 35.5. The lowest BCUT2D eigenvalue weighted by atomic mass is 9.85. The Hall–Kier alpha value is -0.900. The maximum absolute atomic E-state index is 13.5. The Morgan fingerprint density at radius 3 is 2.48 bits per heavy atom. The maximum Gasteiger partial charge on any atom is 0.123 e. The summed E-state index contributed by atoms with van der Waals surface area (Å²) in [7, 11) is 0. The van der Waals surface area contributed by atoms with Crippen LogP contribution in [0.15, 0.2) is 30.5 Å². The van der Waals surface area contributed by atoms with Crippen molar-refractivity contribution in [2.45, 2.75) is 43.7 Å². The van der Waals surface area contributed by atoms with Crippen molar-refractivity contribution in [1.29, 1.82) is 0 Å². The van der Waals surface area contributed by atoms with Gasteiger partial charge < -0.3 is 5.32 Å². The van der Waals surface area contributed by atoms with Crippen LogP contribution in [0.1, 0.15) is 37.2 Å². The van der Waals surface area contributed by atoms with Crippen LogP contribution in [-0.2, 0) is 0 Å². The molecule has 2 aromatic rings. The van der Waals surface area contributed by atoms with E-state index in [2.05, 4.69) is 16.4 Å². The number of fused-ring (bicyclic) bond motifs is 3. The van der Waals surface area contributed by atoms with E-state index >= 15 is 0 Å². The van der Waals surface area contributed by atoms with Crippen molar-refractivity contribution in [3.05, 3.63) is 41.8 Å². The number of piperidine rings is 1. The van der Waals surface area contributed by atoms with Gasteiger partial charge in [0.2, 0.25) is 0 Å². The minimum Gasteiger partial charge on any atom is -0.311 e. The lowest BCUT2D eigenvalue weighted by Crippen LogP contribution is -2.37. The number of benzene rings is 1. The predicted molar refractivity (Wildman–Crippen MR) is 88.1 cm³/mol. The van der Waals surface area contributed by atoms with E-state index in [0.29, 0.717) is 18.0 Å². The zero-order chi connectivity index (χ0) is 12.8. The second-order valence-corrected chi connectivity index (χ2v) is 5.87. The van der Waals surface area contributed by atoms with Gasteiger partial charge in [0, 0.05) is 23.7 Å². The maximum atomic E-state index is 13.5. The molecule has 0 amide bonds. The molecule has 21 heavy (non-hydrogen) atoms. The second kappa shape index (κ2) is 6.47. The quantitative estimate of drug-likeness (QED) is 0.847. The Kier molecular flexibility index (Phi) is 5.07. The smallest absolute Gasteiger partial charge is 0.123 e. The molecule has 2 bridgehead atoms. The van der Waals surface area contributed by atoms with Crippen molar-refractivity contribution < 1.29 is 4.39 Å². The fourth-order valence-corrected chi connectivity index (χ4v) is 3.81. The van der Waals surface area contributed by atoms with Crippen LogP contribution < -0.4 is 5.32 Å². The van der Waals surface area contributed by atoms with E-state index in [4.69, 9.17) is 0 Å². The molecule has 2 aliphatic heterocycles. The molecule has 2 atom stereocenters. The Labute approximate surface area is 136 Å². The van der Waals surface area contributed by atoms with Crippen molar-refractivity contribution in [3.63, 3.8) is 0 Å². The summed E-state index contributed by atoms with van der Waals surface area (Å²) in [5.74, 6) is 0.379. The molecule has 2 unspecified atom stereocenters. The fraction of sp³-hybridized carbons (Fsp3) is 0.438. The summed E-state index contributed by atoms with van der Waals surface area (Å²) in [6, 6.07) is 8.30. The van der Waals surface area contributed by atoms with Gasteiger partial charge in [-0.1, -0.05) is 0 Å². The molecule has 1 aromatic heterocycles. The Bertz CT molecular complexity index is 623. The number of halogens is 3. The van der Waals surface area contributed by atoms with E-state index in [1.54, 1.807) is 12.1 Å². The lowest BCUT2D eigenvalue weighted by molar-refractivity contribution is 0.364.